The van der Waals surface area contributed by atoms with Crippen LogP contribution in [0.5, 0.6) is 0 Å². The van der Waals surface area contributed by atoms with E-state index in [1.807, 2.05) is 13.8 Å². The molecule has 0 unspecified atom stereocenters. The van der Waals surface area contributed by atoms with Gasteiger partial charge in [-0.05, 0) is 19.8 Å². The Morgan fingerprint density at radius 2 is 2.33 bits per heavy atom. The minimum Gasteiger partial charge on any atom is -0.453 e. The van der Waals surface area contributed by atoms with E-state index in [0.717, 1.165) is 12.8 Å². The topological polar surface area (TPSA) is 38.3 Å². The fourth-order valence-electron chi connectivity index (χ4n) is 0.900. The number of alkyl carbamates (subject to hydrolysis) is 1. The summed E-state index contributed by atoms with van der Waals surface area (Å²) in [5.74, 6) is 0. The van der Waals surface area contributed by atoms with Gasteiger partial charge in [-0.3, -0.25) is 0 Å². The van der Waals surface area contributed by atoms with Crippen LogP contribution in [0.4, 0.5) is 4.79 Å². The van der Waals surface area contributed by atoms with Crippen LogP contribution in [0.2, 0.25) is 0 Å². The van der Waals surface area contributed by atoms with Gasteiger partial charge in [-0.15, -0.1) is 6.58 Å². The molecule has 0 spiro atoms. The van der Waals surface area contributed by atoms with Gasteiger partial charge in [0.15, 0.2) is 0 Å². The number of nitrogens with one attached hydrogen (secondary N) is 1. The monoisotopic (exact) mass is 171 g/mol. The lowest BCUT2D eigenvalue weighted by atomic mass is 9.95. The molecule has 0 aliphatic carbocycles. The summed E-state index contributed by atoms with van der Waals surface area (Å²) in [6, 6.07) is 0. The molecular weight excluding hydrogens is 154 g/mol. The average molecular weight is 171 g/mol. The van der Waals surface area contributed by atoms with E-state index in [2.05, 4.69) is 16.6 Å². The van der Waals surface area contributed by atoms with Gasteiger partial charge < -0.3 is 10.1 Å². The van der Waals surface area contributed by atoms with E-state index < -0.39 is 0 Å². The van der Waals surface area contributed by atoms with Gasteiger partial charge in [0, 0.05) is 5.54 Å². The summed E-state index contributed by atoms with van der Waals surface area (Å²) in [5, 5.41) is 2.76. The molecule has 0 aromatic carbocycles. The maximum Gasteiger partial charge on any atom is 0.407 e. The molecule has 0 aromatic rings. The average Bonchev–Trinajstić information content (AvgIpc) is 2.05. The van der Waals surface area contributed by atoms with Crippen molar-refractivity contribution in [2.45, 2.75) is 32.2 Å². The minimum absolute atomic E-state index is 0.227. The smallest absolute Gasteiger partial charge is 0.407 e. The third-order valence-corrected chi connectivity index (χ3v) is 1.96. The first-order chi connectivity index (χ1) is 5.58. The number of methoxy groups -OCH3 is 1. The number of hydrogen-bond acceptors (Lipinski definition) is 2. The standard InChI is InChI=1S/C9H17NO2/c1-5-7-9(3,6-2)10-8(11)12-4/h5H,1,6-7H2,2-4H3,(H,10,11)/t9-/m0/s1. The molecule has 0 aliphatic rings. The molecule has 12 heavy (non-hydrogen) atoms. The Labute approximate surface area is 73.8 Å². The summed E-state index contributed by atoms with van der Waals surface area (Å²) < 4.78 is 4.51. The number of rotatable bonds is 4. The van der Waals surface area contributed by atoms with E-state index in [1.165, 1.54) is 7.11 Å². The molecule has 0 heterocycles. The van der Waals surface area contributed by atoms with Crippen LogP contribution in [-0.2, 0) is 4.74 Å². The maximum absolute atomic E-state index is 10.9. The van der Waals surface area contributed by atoms with Crippen molar-refractivity contribution in [2.75, 3.05) is 7.11 Å². The highest BCUT2D eigenvalue weighted by molar-refractivity contribution is 5.68. The normalized spacial score (nSPS) is 14.6. The van der Waals surface area contributed by atoms with Crippen molar-refractivity contribution in [3.8, 4) is 0 Å². The second-order valence-corrected chi connectivity index (χ2v) is 3.02. The molecule has 1 atom stereocenters. The van der Waals surface area contributed by atoms with Crippen molar-refractivity contribution < 1.29 is 9.53 Å². The summed E-state index contributed by atoms with van der Waals surface area (Å²) in [4.78, 5) is 10.9. The van der Waals surface area contributed by atoms with Gasteiger partial charge >= 0.3 is 6.09 Å². The number of carbonyl (C=O) groups excluding carboxylic acids is 1. The van der Waals surface area contributed by atoms with E-state index in [4.69, 9.17) is 0 Å². The molecule has 1 amide bonds. The summed E-state index contributed by atoms with van der Waals surface area (Å²) in [6.07, 6.45) is 3.01. The number of hydrogen-bond donors (Lipinski definition) is 1. The zero-order valence-corrected chi connectivity index (χ0v) is 8.02. The highest BCUT2D eigenvalue weighted by Crippen LogP contribution is 2.14. The van der Waals surface area contributed by atoms with Gasteiger partial charge in [-0.2, -0.15) is 0 Å². The van der Waals surface area contributed by atoms with Crippen LogP contribution in [0.1, 0.15) is 26.7 Å². The number of ether oxygens (including phenoxy) is 1. The molecule has 70 valence electrons. The second kappa shape index (κ2) is 4.80. The Hall–Kier alpha value is -0.990. The van der Waals surface area contributed by atoms with Gasteiger partial charge in [0.1, 0.15) is 0 Å². The van der Waals surface area contributed by atoms with Crippen LogP contribution in [0.25, 0.3) is 0 Å². The van der Waals surface area contributed by atoms with Crippen molar-refractivity contribution in [2.24, 2.45) is 0 Å². The van der Waals surface area contributed by atoms with Crippen molar-refractivity contribution in [1.29, 1.82) is 0 Å². The third kappa shape index (κ3) is 3.42. The van der Waals surface area contributed by atoms with Crippen LogP contribution >= 0.6 is 0 Å². The summed E-state index contributed by atoms with van der Waals surface area (Å²) in [7, 11) is 1.36. The third-order valence-electron chi connectivity index (χ3n) is 1.96. The molecule has 0 aliphatic heterocycles. The summed E-state index contributed by atoms with van der Waals surface area (Å²) >= 11 is 0. The molecular formula is C9H17NO2. The van der Waals surface area contributed by atoms with Crippen molar-refractivity contribution in [1.82, 2.24) is 5.32 Å². The summed E-state index contributed by atoms with van der Waals surface area (Å²) in [5.41, 5.74) is -0.227. The fourth-order valence-corrected chi connectivity index (χ4v) is 0.900. The second-order valence-electron chi connectivity index (χ2n) is 3.02. The minimum atomic E-state index is -0.388. The SMILES string of the molecule is C=CC[C@](C)(CC)NC(=O)OC. The van der Waals surface area contributed by atoms with Crippen LogP contribution in [0.3, 0.4) is 0 Å². The van der Waals surface area contributed by atoms with E-state index in [0.29, 0.717) is 0 Å². The summed E-state index contributed by atoms with van der Waals surface area (Å²) in [6.45, 7) is 7.61. The Morgan fingerprint density at radius 3 is 2.67 bits per heavy atom. The van der Waals surface area contributed by atoms with E-state index in [9.17, 15) is 4.79 Å². The highest BCUT2D eigenvalue weighted by atomic mass is 16.5. The Morgan fingerprint density at radius 1 is 1.75 bits per heavy atom. The van der Waals surface area contributed by atoms with Crippen LogP contribution in [-0.4, -0.2) is 18.7 Å². The molecule has 3 nitrogen and oxygen atoms in total. The van der Waals surface area contributed by atoms with Crippen LogP contribution in [0.15, 0.2) is 12.7 Å². The van der Waals surface area contributed by atoms with Gasteiger partial charge in [-0.1, -0.05) is 13.0 Å². The number of amides is 1. The molecule has 0 saturated heterocycles. The van der Waals surface area contributed by atoms with E-state index in [-0.39, 0.29) is 11.6 Å². The zero-order chi connectivity index (χ0) is 9.61. The molecule has 0 fully saturated rings. The van der Waals surface area contributed by atoms with E-state index >= 15 is 0 Å². The molecule has 0 saturated carbocycles. The largest absolute Gasteiger partial charge is 0.453 e. The van der Waals surface area contributed by atoms with Crippen LogP contribution in [0, 0.1) is 0 Å². The molecule has 3 heteroatoms. The van der Waals surface area contributed by atoms with E-state index in [1.54, 1.807) is 6.08 Å². The molecule has 0 rings (SSSR count). The maximum atomic E-state index is 10.9. The molecule has 1 N–H and O–H groups in total. The molecule has 0 bridgehead atoms. The van der Waals surface area contributed by atoms with Gasteiger partial charge in [0.05, 0.1) is 7.11 Å². The molecule has 0 radical (unpaired) electrons. The Kier molecular flexibility index (Phi) is 4.40. The quantitative estimate of drug-likeness (QED) is 0.658. The first-order valence-corrected chi connectivity index (χ1v) is 4.05. The lowest BCUT2D eigenvalue weighted by Crippen LogP contribution is -2.45. The lowest BCUT2D eigenvalue weighted by molar-refractivity contribution is 0.156. The first-order valence-electron chi connectivity index (χ1n) is 4.05. The van der Waals surface area contributed by atoms with Gasteiger partial charge in [-0.25, -0.2) is 4.79 Å². The molecule has 0 aromatic heterocycles. The fraction of sp³-hybridized carbons (Fsp3) is 0.667. The van der Waals surface area contributed by atoms with Crippen molar-refractivity contribution >= 4 is 6.09 Å². The van der Waals surface area contributed by atoms with Gasteiger partial charge in [0.2, 0.25) is 0 Å². The predicted octanol–water partition coefficient (Wildman–Crippen LogP) is 2.09. The highest BCUT2D eigenvalue weighted by Gasteiger charge is 2.22. The number of carbonyl (C=O) groups is 1. The lowest BCUT2D eigenvalue weighted by Gasteiger charge is -2.27. The van der Waals surface area contributed by atoms with Gasteiger partial charge in [0.25, 0.3) is 0 Å². The van der Waals surface area contributed by atoms with Crippen LogP contribution < -0.4 is 5.32 Å². The Balaban J connectivity index is 4.12. The van der Waals surface area contributed by atoms with Crippen molar-refractivity contribution in [3.63, 3.8) is 0 Å². The predicted molar refractivity (Wildman–Crippen MR) is 49.1 cm³/mol. The Bertz CT molecular complexity index is 168. The van der Waals surface area contributed by atoms with Crippen molar-refractivity contribution in [3.05, 3.63) is 12.7 Å². The zero-order valence-electron chi connectivity index (χ0n) is 8.02. The first kappa shape index (κ1) is 11.0.